The van der Waals surface area contributed by atoms with E-state index in [1.165, 1.54) is 4.57 Å². The fourth-order valence-electron chi connectivity index (χ4n) is 3.89. The third kappa shape index (κ3) is 3.63. The number of hydrogen-bond donors (Lipinski definition) is 2. The molecule has 3 aromatic rings. The summed E-state index contributed by atoms with van der Waals surface area (Å²) in [4.78, 5) is 46.3. The van der Waals surface area contributed by atoms with Crippen LogP contribution in [0.3, 0.4) is 0 Å². The Labute approximate surface area is 171 Å². The standard InChI is InChI=1S/C20H23N5O3S/c1-2-9-25-17(21)16(18(27)23-20(25)28)14(26)11-24-10-5-7-13(24)19-22-12-6-3-4-8-15(12)29-19/h3-4,6,8,13H,2,5,7,9-11,21H2,1H3,(H,23,27,28). The fraction of sp³-hybridized carbons (Fsp3) is 0.400. The Morgan fingerprint density at radius 3 is 2.90 bits per heavy atom. The number of H-pyrrole nitrogens is 1. The molecule has 0 spiro atoms. The molecule has 0 saturated carbocycles. The number of nitrogen functional groups attached to an aromatic ring is 1. The van der Waals surface area contributed by atoms with Crippen molar-refractivity contribution in [3.8, 4) is 0 Å². The normalized spacial score (nSPS) is 17.2. The molecule has 0 aliphatic carbocycles. The lowest BCUT2D eigenvalue weighted by atomic mass is 10.1. The molecule has 1 fully saturated rings. The molecule has 0 radical (unpaired) electrons. The highest BCUT2D eigenvalue weighted by Crippen LogP contribution is 2.36. The van der Waals surface area contributed by atoms with Gasteiger partial charge >= 0.3 is 5.69 Å². The van der Waals surface area contributed by atoms with Crippen molar-refractivity contribution in [2.24, 2.45) is 0 Å². The van der Waals surface area contributed by atoms with Crippen molar-refractivity contribution >= 4 is 33.2 Å². The van der Waals surface area contributed by atoms with E-state index in [0.29, 0.717) is 13.0 Å². The molecular weight excluding hydrogens is 390 g/mol. The predicted octanol–water partition coefficient (Wildman–Crippen LogP) is 2.16. The first-order chi connectivity index (χ1) is 14.0. The van der Waals surface area contributed by atoms with Crippen LogP contribution in [0.15, 0.2) is 33.9 Å². The maximum absolute atomic E-state index is 13.0. The van der Waals surface area contributed by atoms with E-state index in [1.54, 1.807) is 11.3 Å². The van der Waals surface area contributed by atoms with Gasteiger partial charge in [-0.3, -0.25) is 24.0 Å². The Hall–Kier alpha value is -2.78. The van der Waals surface area contributed by atoms with Crippen molar-refractivity contribution in [3.05, 3.63) is 55.7 Å². The van der Waals surface area contributed by atoms with E-state index in [4.69, 9.17) is 10.7 Å². The van der Waals surface area contributed by atoms with Gasteiger partial charge in [0.05, 0.1) is 22.8 Å². The summed E-state index contributed by atoms with van der Waals surface area (Å²) in [6.07, 6.45) is 2.53. The minimum absolute atomic E-state index is 0.0400. The summed E-state index contributed by atoms with van der Waals surface area (Å²) in [5.41, 5.74) is 5.56. The molecule has 1 aliphatic rings. The Morgan fingerprint density at radius 2 is 2.14 bits per heavy atom. The number of benzene rings is 1. The highest BCUT2D eigenvalue weighted by molar-refractivity contribution is 7.18. The first-order valence-corrected chi connectivity index (χ1v) is 10.6. The number of aromatic amines is 1. The van der Waals surface area contributed by atoms with Gasteiger partial charge in [0.25, 0.3) is 5.56 Å². The minimum Gasteiger partial charge on any atom is -0.384 e. The summed E-state index contributed by atoms with van der Waals surface area (Å²) < 4.78 is 2.37. The number of anilines is 1. The Bertz CT molecular complexity index is 1150. The number of ketones is 1. The van der Waals surface area contributed by atoms with Crippen molar-refractivity contribution in [2.75, 3.05) is 18.8 Å². The van der Waals surface area contributed by atoms with Crippen LogP contribution in [0.2, 0.25) is 0 Å². The fourth-order valence-corrected chi connectivity index (χ4v) is 5.03. The van der Waals surface area contributed by atoms with Gasteiger partial charge in [0.1, 0.15) is 16.4 Å². The van der Waals surface area contributed by atoms with Crippen LogP contribution in [0.4, 0.5) is 5.82 Å². The molecular formula is C20H23N5O3S. The average Bonchev–Trinajstić information content (AvgIpc) is 3.31. The number of Topliss-reactive ketones (excluding diaryl/α,β-unsaturated/α-hetero) is 1. The quantitative estimate of drug-likeness (QED) is 0.599. The lowest BCUT2D eigenvalue weighted by molar-refractivity contribution is 0.0920. The molecule has 0 bridgehead atoms. The summed E-state index contributed by atoms with van der Waals surface area (Å²) in [6, 6.07) is 8.01. The molecule has 152 valence electrons. The van der Waals surface area contributed by atoms with E-state index in [-0.39, 0.29) is 29.8 Å². The summed E-state index contributed by atoms with van der Waals surface area (Å²) in [6.45, 7) is 3.06. The van der Waals surface area contributed by atoms with Gasteiger partial charge in [-0.25, -0.2) is 9.78 Å². The third-order valence-corrected chi connectivity index (χ3v) is 6.41. The second-order valence-electron chi connectivity index (χ2n) is 7.24. The zero-order valence-corrected chi connectivity index (χ0v) is 17.0. The predicted molar refractivity (Wildman–Crippen MR) is 114 cm³/mol. The van der Waals surface area contributed by atoms with Crippen LogP contribution in [0.25, 0.3) is 10.2 Å². The number of rotatable bonds is 6. The number of nitrogens with zero attached hydrogens (tertiary/aromatic N) is 3. The molecule has 0 amide bonds. The molecule has 1 aliphatic heterocycles. The molecule has 4 rings (SSSR count). The largest absolute Gasteiger partial charge is 0.384 e. The maximum atomic E-state index is 13.0. The summed E-state index contributed by atoms with van der Waals surface area (Å²) >= 11 is 1.64. The van der Waals surface area contributed by atoms with Gasteiger partial charge in [0.2, 0.25) is 0 Å². The van der Waals surface area contributed by atoms with Crippen LogP contribution in [-0.4, -0.2) is 38.3 Å². The average molecular weight is 414 g/mol. The first-order valence-electron chi connectivity index (χ1n) is 9.75. The van der Waals surface area contributed by atoms with Crippen molar-refractivity contribution in [2.45, 2.75) is 38.8 Å². The first kappa shape index (κ1) is 19.5. The number of para-hydroxylation sites is 1. The molecule has 8 nitrogen and oxygen atoms in total. The van der Waals surface area contributed by atoms with Crippen LogP contribution in [0.1, 0.15) is 47.6 Å². The van der Waals surface area contributed by atoms with Crippen LogP contribution < -0.4 is 17.0 Å². The molecule has 1 saturated heterocycles. The van der Waals surface area contributed by atoms with Crippen LogP contribution in [-0.2, 0) is 6.54 Å². The molecule has 1 aromatic carbocycles. The minimum atomic E-state index is -0.722. The Morgan fingerprint density at radius 1 is 1.34 bits per heavy atom. The lowest BCUT2D eigenvalue weighted by Gasteiger charge is -2.22. The van der Waals surface area contributed by atoms with Crippen molar-refractivity contribution in [1.29, 1.82) is 0 Å². The smallest absolute Gasteiger partial charge is 0.329 e. The molecule has 2 aromatic heterocycles. The maximum Gasteiger partial charge on any atom is 0.329 e. The van der Waals surface area contributed by atoms with E-state index in [9.17, 15) is 14.4 Å². The van der Waals surface area contributed by atoms with E-state index in [0.717, 1.165) is 34.6 Å². The van der Waals surface area contributed by atoms with Gasteiger partial charge in [-0.05, 0) is 37.9 Å². The number of aromatic nitrogens is 3. The van der Waals surface area contributed by atoms with Gasteiger partial charge in [-0.2, -0.15) is 0 Å². The zero-order chi connectivity index (χ0) is 20.5. The monoisotopic (exact) mass is 413 g/mol. The zero-order valence-electron chi connectivity index (χ0n) is 16.2. The van der Waals surface area contributed by atoms with Crippen LogP contribution >= 0.6 is 11.3 Å². The van der Waals surface area contributed by atoms with E-state index >= 15 is 0 Å². The Balaban J connectivity index is 1.62. The summed E-state index contributed by atoms with van der Waals surface area (Å²) in [5, 5.41) is 0.981. The third-order valence-electron chi connectivity index (χ3n) is 5.27. The number of fused-ring (bicyclic) bond motifs is 1. The van der Waals surface area contributed by atoms with E-state index in [2.05, 4.69) is 4.98 Å². The van der Waals surface area contributed by atoms with Gasteiger partial charge in [0, 0.05) is 6.54 Å². The molecule has 29 heavy (non-hydrogen) atoms. The molecule has 3 N–H and O–H groups in total. The highest BCUT2D eigenvalue weighted by Gasteiger charge is 2.31. The van der Waals surface area contributed by atoms with Crippen molar-refractivity contribution in [1.82, 2.24) is 19.4 Å². The van der Waals surface area contributed by atoms with Gasteiger partial charge < -0.3 is 5.73 Å². The molecule has 1 atom stereocenters. The topological polar surface area (TPSA) is 114 Å². The summed E-state index contributed by atoms with van der Waals surface area (Å²) in [7, 11) is 0. The van der Waals surface area contributed by atoms with Crippen molar-refractivity contribution in [3.63, 3.8) is 0 Å². The number of thiazole rings is 1. The summed E-state index contributed by atoms with van der Waals surface area (Å²) in [5.74, 6) is -0.428. The molecule has 9 heteroatoms. The highest BCUT2D eigenvalue weighted by atomic mass is 32.1. The lowest BCUT2D eigenvalue weighted by Crippen LogP contribution is -2.39. The number of nitrogens with two attached hydrogens (primary N) is 1. The number of carbonyl (C=O) groups is 1. The molecule has 1 unspecified atom stereocenters. The second-order valence-corrected chi connectivity index (χ2v) is 8.30. The van der Waals surface area contributed by atoms with Crippen LogP contribution in [0, 0.1) is 0 Å². The number of hydrogen-bond acceptors (Lipinski definition) is 7. The Kier molecular flexibility index (Phi) is 5.33. The number of carbonyl (C=O) groups excluding carboxylic acids is 1. The van der Waals surface area contributed by atoms with E-state index < -0.39 is 11.2 Å². The second kappa shape index (κ2) is 7.92. The van der Waals surface area contributed by atoms with Crippen molar-refractivity contribution < 1.29 is 4.79 Å². The van der Waals surface area contributed by atoms with Crippen LogP contribution in [0.5, 0.6) is 0 Å². The SMILES string of the molecule is CCCn1c(N)c(C(=O)CN2CCCC2c2nc3ccccc3s2)c(=O)[nH]c1=O. The van der Waals surface area contributed by atoms with Gasteiger partial charge in [-0.1, -0.05) is 19.1 Å². The number of likely N-dealkylation sites (tertiary alicyclic amines) is 1. The van der Waals surface area contributed by atoms with Gasteiger partial charge in [0.15, 0.2) is 5.78 Å². The van der Waals surface area contributed by atoms with Gasteiger partial charge in [-0.15, -0.1) is 11.3 Å². The molecule has 3 heterocycles. The number of nitrogens with one attached hydrogen (secondary N) is 1. The van der Waals surface area contributed by atoms with E-state index in [1.807, 2.05) is 36.1 Å².